The molecule has 1 amide bonds. The van der Waals surface area contributed by atoms with Gasteiger partial charge in [0.1, 0.15) is 0 Å². The number of aromatic amines is 1. The number of H-pyrrole nitrogens is 1. The summed E-state index contributed by atoms with van der Waals surface area (Å²) in [7, 11) is 0. The van der Waals surface area contributed by atoms with Crippen LogP contribution in [0.25, 0.3) is 0 Å². The Morgan fingerprint density at radius 1 is 1.47 bits per heavy atom. The van der Waals surface area contributed by atoms with E-state index < -0.39 is 18.5 Å². The lowest BCUT2D eigenvalue weighted by molar-refractivity contribution is -0.144. The highest BCUT2D eigenvalue weighted by Gasteiger charge is 2.05. The van der Waals surface area contributed by atoms with E-state index in [1.54, 1.807) is 0 Å². The smallest absolute Gasteiger partial charge is 0.332 e. The topological polar surface area (TPSA) is 108 Å². The maximum absolute atomic E-state index is 11.2. The van der Waals surface area contributed by atoms with Crippen molar-refractivity contribution in [3.63, 3.8) is 0 Å². The zero-order valence-electron chi connectivity index (χ0n) is 7.52. The van der Waals surface area contributed by atoms with Crippen LogP contribution in [-0.2, 0) is 9.63 Å². The van der Waals surface area contributed by atoms with Gasteiger partial charge in [0.25, 0.3) is 5.91 Å². The van der Waals surface area contributed by atoms with Crippen LogP contribution < -0.4 is 11.0 Å². The van der Waals surface area contributed by atoms with Gasteiger partial charge >= 0.3 is 5.97 Å². The van der Waals surface area contributed by atoms with E-state index in [2.05, 4.69) is 9.82 Å². The molecule has 0 unspecified atom stereocenters. The highest BCUT2D eigenvalue weighted by Crippen LogP contribution is 1.92. The minimum absolute atomic E-state index is 0.167. The molecule has 0 aliphatic rings. The summed E-state index contributed by atoms with van der Waals surface area (Å²) >= 11 is 0. The van der Waals surface area contributed by atoms with E-state index in [-0.39, 0.29) is 11.1 Å². The molecule has 1 aromatic heterocycles. The first-order chi connectivity index (χ1) is 7.09. The molecule has 0 saturated heterocycles. The molecule has 0 radical (unpaired) electrons. The monoisotopic (exact) mass is 212 g/mol. The maximum atomic E-state index is 11.2. The van der Waals surface area contributed by atoms with E-state index in [0.29, 0.717) is 0 Å². The van der Waals surface area contributed by atoms with Gasteiger partial charge in [-0.3, -0.25) is 14.4 Å². The van der Waals surface area contributed by atoms with Crippen LogP contribution in [0.3, 0.4) is 0 Å². The highest BCUT2D eigenvalue weighted by molar-refractivity contribution is 5.93. The zero-order chi connectivity index (χ0) is 11.3. The number of carbonyl (C=O) groups is 2. The predicted molar refractivity (Wildman–Crippen MR) is 48.1 cm³/mol. The summed E-state index contributed by atoms with van der Waals surface area (Å²) in [5, 5.41) is 8.21. The van der Waals surface area contributed by atoms with Crippen LogP contribution in [0.15, 0.2) is 23.1 Å². The number of hydrogen-bond donors (Lipinski definition) is 3. The van der Waals surface area contributed by atoms with Crippen molar-refractivity contribution in [1.82, 2.24) is 10.5 Å². The minimum Gasteiger partial charge on any atom is -0.479 e. The number of rotatable bonds is 4. The van der Waals surface area contributed by atoms with Crippen molar-refractivity contribution in [2.75, 3.05) is 6.61 Å². The van der Waals surface area contributed by atoms with Crippen LogP contribution in [0.4, 0.5) is 0 Å². The molecule has 1 aromatic rings. The lowest BCUT2D eigenvalue weighted by Gasteiger charge is -2.02. The molecule has 1 heterocycles. The molecular formula is C8H8N2O5. The number of aromatic nitrogens is 1. The Bertz CT molecular complexity index is 405. The van der Waals surface area contributed by atoms with Gasteiger partial charge in [-0.05, 0) is 6.07 Å². The molecule has 15 heavy (non-hydrogen) atoms. The largest absolute Gasteiger partial charge is 0.479 e. The zero-order valence-corrected chi connectivity index (χ0v) is 7.52. The number of aliphatic carboxylic acids is 1. The van der Waals surface area contributed by atoms with Crippen LogP contribution in [0.1, 0.15) is 10.4 Å². The summed E-state index contributed by atoms with van der Waals surface area (Å²) in [4.78, 5) is 38.5. The molecule has 7 heteroatoms. The number of hydrogen-bond acceptors (Lipinski definition) is 4. The van der Waals surface area contributed by atoms with Gasteiger partial charge in [-0.1, -0.05) is 0 Å². The van der Waals surface area contributed by atoms with Gasteiger partial charge in [-0.15, -0.1) is 0 Å². The molecule has 0 aliphatic carbocycles. The van der Waals surface area contributed by atoms with Gasteiger partial charge in [0.05, 0.1) is 5.56 Å². The number of carbonyl (C=O) groups excluding carboxylic acids is 1. The van der Waals surface area contributed by atoms with E-state index in [1.807, 2.05) is 5.48 Å². The Kier molecular flexibility index (Phi) is 3.58. The lowest BCUT2D eigenvalue weighted by Crippen LogP contribution is -2.27. The molecule has 0 atom stereocenters. The van der Waals surface area contributed by atoms with Gasteiger partial charge in [0.15, 0.2) is 6.61 Å². The van der Waals surface area contributed by atoms with E-state index in [9.17, 15) is 14.4 Å². The number of amides is 1. The third-order valence-corrected chi connectivity index (χ3v) is 1.41. The van der Waals surface area contributed by atoms with E-state index >= 15 is 0 Å². The number of pyridine rings is 1. The number of carboxylic acid groups (broad SMARTS) is 1. The van der Waals surface area contributed by atoms with Crippen LogP contribution in [0, 0.1) is 0 Å². The number of carboxylic acids is 1. The van der Waals surface area contributed by atoms with Gasteiger partial charge < -0.3 is 10.1 Å². The quantitative estimate of drug-likeness (QED) is 0.561. The van der Waals surface area contributed by atoms with Crippen molar-refractivity contribution in [2.24, 2.45) is 0 Å². The molecule has 0 saturated carbocycles. The Balaban J connectivity index is 2.50. The third kappa shape index (κ3) is 3.61. The minimum atomic E-state index is -1.20. The molecule has 0 bridgehead atoms. The third-order valence-electron chi connectivity index (χ3n) is 1.41. The van der Waals surface area contributed by atoms with Crippen molar-refractivity contribution in [1.29, 1.82) is 0 Å². The number of nitrogens with one attached hydrogen (secondary N) is 2. The van der Waals surface area contributed by atoms with Crippen molar-refractivity contribution >= 4 is 11.9 Å². The average Bonchev–Trinajstić information content (AvgIpc) is 2.18. The average molecular weight is 212 g/mol. The fourth-order valence-corrected chi connectivity index (χ4v) is 0.774. The molecule has 0 spiro atoms. The highest BCUT2D eigenvalue weighted by atomic mass is 16.7. The van der Waals surface area contributed by atoms with Crippen LogP contribution in [-0.4, -0.2) is 28.6 Å². The summed E-state index contributed by atoms with van der Waals surface area (Å²) < 4.78 is 0. The van der Waals surface area contributed by atoms with Crippen LogP contribution >= 0.6 is 0 Å². The normalized spacial score (nSPS) is 9.60. The number of hydroxylamine groups is 1. The van der Waals surface area contributed by atoms with Gasteiger partial charge in [0.2, 0.25) is 5.56 Å². The van der Waals surface area contributed by atoms with E-state index in [4.69, 9.17) is 5.11 Å². The predicted octanol–water partition coefficient (Wildman–Crippen LogP) is -0.879. The van der Waals surface area contributed by atoms with Crippen molar-refractivity contribution < 1.29 is 19.5 Å². The van der Waals surface area contributed by atoms with Crippen molar-refractivity contribution in [3.05, 3.63) is 34.2 Å². The molecule has 0 aromatic carbocycles. The second-order valence-electron chi connectivity index (χ2n) is 2.56. The second-order valence-corrected chi connectivity index (χ2v) is 2.56. The Hall–Kier alpha value is -2.15. The first-order valence-corrected chi connectivity index (χ1v) is 3.92. The molecule has 0 fully saturated rings. The van der Waals surface area contributed by atoms with Gasteiger partial charge in [0, 0.05) is 12.3 Å². The first kappa shape index (κ1) is 10.9. The van der Waals surface area contributed by atoms with Crippen molar-refractivity contribution in [3.8, 4) is 0 Å². The summed E-state index contributed by atoms with van der Waals surface area (Å²) in [5.74, 6) is -1.83. The van der Waals surface area contributed by atoms with Gasteiger partial charge in [-0.2, -0.15) is 0 Å². The molecule has 0 aliphatic heterocycles. The molecular weight excluding hydrogens is 204 g/mol. The maximum Gasteiger partial charge on any atom is 0.332 e. The lowest BCUT2D eigenvalue weighted by atomic mass is 10.3. The summed E-state index contributed by atoms with van der Waals surface area (Å²) in [6.07, 6.45) is 1.20. The van der Waals surface area contributed by atoms with Crippen LogP contribution in [0.5, 0.6) is 0 Å². The Labute approximate surface area is 83.6 Å². The second kappa shape index (κ2) is 4.91. The standard InChI is InChI=1S/C8H8N2O5/c11-6-2-1-5(3-9-6)8(14)10-15-4-7(12)13/h1-3H,4H2,(H,9,11)(H,10,14)(H,12,13). The van der Waals surface area contributed by atoms with E-state index in [1.165, 1.54) is 18.3 Å². The molecule has 1 rings (SSSR count). The van der Waals surface area contributed by atoms with Gasteiger partial charge in [-0.25, -0.2) is 10.3 Å². The SMILES string of the molecule is O=C(O)CONC(=O)c1ccc(=O)[nH]c1. The fraction of sp³-hybridized carbons (Fsp3) is 0.125. The van der Waals surface area contributed by atoms with E-state index in [0.717, 1.165) is 0 Å². The fourth-order valence-electron chi connectivity index (χ4n) is 0.774. The molecule has 7 nitrogen and oxygen atoms in total. The Morgan fingerprint density at radius 3 is 2.73 bits per heavy atom. The summed E-state index contributed by atoms with van der Waals surface area (Å²) in [6.45, 7) is -0.630. The molecule has 80 valence electrons. The summed E-state index contributed by atoms with van der Waals surface area (Å²) in [6, 6.07) is 2.46. The molecule has 3 N–H and O–H groups in total. The summed E-state index contributed by atoms with van der Waals surface area (Å²) in [5.41, 5.74) is 1.74. The Morgan fingerprint density at radius 2 is 2.20 bits per heavy atom. The van der Waals surface area contributed by atoms with Crippen LogP contribution in [0.2, 0.25) is 0 Å². The first-order valence-electron chi connectivity index (χ1n) is 3.92. The van der Waals surface area contributed by atoms with Crippen molar-refractivity contribution in [2.45, 2.75) is 0 Å².